The molecule has 0 aromatic rings. The summed E-state index contributed by atoms with van der Waals surface area (Å²) in [4.78, 5) is 25.5. The lowest BCUT2D eigenvalue weighted by molar-refractivity contribution is -0.135. The zero-order chi connectivity index (χ0) is 12.1. The van der Waals surface area contributed by atoms with Crippen LogP contribution < -0.4 is 10.6 Å². The average Bonchev–Trinajstić information content (AvgIpc) is 2.61. The summed E-state index contributed by atoms with van der Waals surface area (Å²) in [5, 5.41) is 5.88. The lowest BCUT2D eigenvalue weighted by Crippen LogP contribution is -2.54. The zero-order valence-electron chi connectivity index (χ0n) is 10.2. The van der Waals surface area contributed by atoms with E-state index in [0.29, 0.717) is 13.0 Å². The van der Waals surface area contributed by atoms with E-state index in [4.69, 9.17) is 0 Å². The Balaban J connectivity index is 1.84. The van der Waals surface area contributed by atoms with Gasteiger partial charge in [-0.1, -0.05) is 12.8 Å². The number of likely N-dealkylation sites (tertiary alicyclic amines) is 1. The molecule has 5 nitrogen and oxygen atoms in total. The van der Waals surface area contributed by atoms with Crippen LogP contribution in [-0.4, -0.2) is 48.9 Å². The molecular formula is C12H21N3O2. The first-order chi connectivity index (χ1) is 8.27. The first-order valence-corrected chi connectivity index (χ1v) is 6.56. The molecule has 0 radical (unpaired) electrons. The molecule has 0 aromatic heterocycles. The van der Waals surface area contributed by atoms with Crippen molar-refractivity contribution >= 4 is 11.8 Å². The molecule has 2 fully saturated rings. The number of carbonyl (C=O) groups excluding carboxylic acids is 2. The number of hydrogen-bond donors (Lipinski definition) is 2. The maximum Gasteiger partial charge on any atom is 0.237 e. The van der Waals surface area contributed by atoms with Crippen molar-refractivity contribution in [1.29, 1.82) is 0 Å². The molecule has 2 aliphatic rings. The quantitative estimate of drug-likeness (QED) is 0.705. The van der Waals surface area contributed by atoms with Gasteiger partial charge < -0.3 is 15.5 Å². The minimum atomic E-state index is -0.334. The summed E-state index contributed by atoms with van der Waals surface area (Å²) in [6.07, 6.45) is 4.91. The SMILES string of the molecule is O=C1NCCNC1CC(=O)N1CCCCCC1. The van der Waals surface area contributed by atoms with Gasteiger partial charge in [-0.2, -0.15) is 0 Å². The lowest BCUT2D eigenvalue weighted by atomic mass is 10.1. The monoisotopic (exact) mass is 239 g/mol. The second-order valence-corrected chi connectivity index (χ2v) is 4.80. The van der Waals surface area contributed by atoms with Gasteiger partial charge >= 0.3 is 0 Å². The number of nitrogens with zero attached hydrogens (tertiary/aromatic N) is 1. The van der Waals surface area contributed by atoms with Gasteiger partial charge in [0, 0.05) is 26.2 Å². The highest BCUT2D eigenvalue weighted by atomic mass is 16.2. The van der Waals surface area contributed by atoms with Crippen molar-refractivity contribution in [2.24, 2.45) is 0 Å². The van der Waals surface area contributed by atoms with Crippen LogP contribution in [0.4, 0.5) is 0 Å². The molecule has 1 atom stereocenters. The van der Waals surface area contributed by atoms with Crippen molar-refractivity contribution in [3.05, 3.63) is 0 Å². The minimum absolute atomic E-state index is 0.0422. The van der Waals surface area contributed by atoms with Crippen molar-refractivity contribution in [3.63, 3.8) is 0 Å². The molecule has 0 spiro atoms. The van der Waals surface area contributed by atoms with Gasteiger partial charge in [-0.3, -0.25) is 9.59 Å². The molecule has 1 unspecified atom stereocenters. The molecule has 17 heavy (non-hydrogen) atoms. The molecule has 2 saturated heterocycles. The van der Waals surface area contributed by atoms with Crippen LogP contribution in [-0.2, 0) is 9.59 Å². The van der Waals surface area contributed by atoms with Crippen LogP contribution in [0.1, 0.15) is 32.1 Å². The molecule has 0 saturated carbocycles. The molecule has 0 aromatic carbocycles. The highest BCUT2D eigenvalue weighted by Crippen LogP contribution is 2.11. The maximum absolute atomic E-state index is 12.1. The summed E-state index contributed by atoms with van der Waals surface area (Å²) < 4.78 is 0. The second-order valence-electron chi connectivity index (χ2n) is 4.80. The molecule has 2 aliphatic heterocycles. The highest BCUT2D eigenvalue weighted by Gasteiger charge is 2.26. The zero-order valence-corrected chi connectivity index (χ0v) is 10.2. The summed E-state index contributed by atoms with van der Waals surface area (Å²) in [7, 11) is 0. The third-order valence-corrected chi connectivity index (χ3v) is 3.47. The smallest absolute Gasteiger partial charge is 0.237 e. The molecule has 0 aliphatic carbocycles. The maximum atomic E-state index is 12.1. The fraction of sp³-hybridized carbons (Fsp3) is 0.833. The summed E-state index contributed by atoms with van der Waals surface area (Å²) in [5.74, 6) is 0.0703. The molecule has 5 heteroatoms. The fourth-order valence-corrected chi connectivity index (χ4v) is 2.44. The van der Waals surface area contributed by atoms with E-state index in [-0.39, 0.29) is 17.9 Å². The normalized spacial score (nSPS) is 26.2. The van der Waals surface area contributed by atoms with Gasteiger partial charge in [0.05, 0.1) is 12.5 Å². The summed E-state index contributed by atoms with van der Waals surface area (Å²) in [6.45, 7) is 3.12. The lowest BCUT2D eigenvalue weighted by Gasteiger charge is -2.26. The number of nitrogens with one attached hydrogen (secondary N) is 2. The molecule has 2 amide bonds. The summed E-state index contributed by atoms with van der Waals surface area (Å²) >= 11 is 0. The Bertz CT molecular complexity index is 285. The predicted molar refractivity (Wildman–Crippen MR) is 64.5 cm³/mol. The van der Waals surface area contributed by atoms with Crippen LogP contribution in [0.5, 0.6) is 0 Å². The molecule has 0 bridgehead atoms. The topological polar surface area (TPSA) is 61.4 Å². The van der Waals surface area contributed by atoms with Gasteiger partial charge in [0.1, 0.15) is 0 Å². The number of rotatable bonds is 2. The van der Waals surface area contributed by atoms with Crippen molar-refractivity contribution in [2.75, 3.05) is 26.2 Å². The Hall–Kier alpha value is -1.10. The van der Waals surface area contributed by atoms with Crippen molar-refractivity contribution in [1.82, 2.24) is 15.5 Å². The highest BCUT2D eigenvalue weighted by molar-refractivity contribution is 5.88. The molecule has 2 rings (SSSR count). The van der Waals surface area contributed by atoms with Gasteiger partial charge in [0.25, 0.3) is 0 Å². The molecule has 2 N–H and O–H groups in total. The van der Waals surface area contributed by atoms with E-state index >= 15 is 0 Å². The largest absolute Gasteiger partial charge is 0.353 e. The molecular weight excluding hydrogens is 218 g/mol. The summed E-state index contributed by atoms with van der Waals surface area (Å²) in [5.41, 5.74) is 0. The summed E-state index contributed by atoms with van der Waals surface area (Å²) in [6, 6.07) is -0.334. The first-order valence-electron chi connectivity index (χ1n) is 6.56. The Morgan fingerprint density at radius 2 is 1.88 bits per heavy atom. The van der Waals surface area contributed by atoms with E-state index in [1.165, 1.54) is 12.8 Å². The number of amides is 2. The fourth-order valence-electron chi connectivity index (χ4n) is 2.44. The van der Waals surface area contributed by atoms with Gasteiger partial charge in [-0.05, 0) is 12.8 Å². The average molecular weight is 239 g/mol. The van der Waals surface area contributed by atoms with Crippen LogP contribution in [0.25, 0.3) is 0 Å². The molecule has 2 heterocycles. The van der Waals surface area contributed by atoms with E-state index < -0.39 is 0 Å². The van der Waals surface area contributed by atoms with Crippen LogP contribution in [0.15, 0.2) is 0 Å². The van der Waals surface area contributed by atoms with E-state index in [1.54, 1.807) is 0 Å². The van der Waals surface area contributed by atoms with Crippen molar-refractivity contribution in [2.45, 2.75) is 38.1 Å². The Kier molecular flexibility index (Phi) is 4.36. The van der Waals surface area contributed by atoms with Crippen LogP contribution in [0.3, 0.4) is 0 Å². The number of piperazine rings is 1. The predicted octanol–water partition coefficient (Wildman–Crippen LogP) is -0.133. The molecule has 96 valence electrons. The van der Waals surface area contributed by atoms with Gasteiger partial charge in [0.2, 0.25) is 11.8 Å². The van der Waals surface area contributed by atoms with Gasteiger partial charge in [0.15, 0.2) is 0 Å². The third kappa shape index (κ3) is 3.43. The van der Waals surface area contributed by atoms with Crippen molar-refractivity contribution < 1.29 is 9.59 Å². The Morgan fingerprint density at radius 1 is 1.18 bits per heavy atom. The van der Waals surface area contributed by atoms with Gasteiger partial charge in [-0.25, -0.2) is 0 Å². The van der Waals surface area contributed by atoms with E-state index in [9.17, 15) is 9.59 Å². The van der Waals surface area contributed by atoms with Crippen LogP contribution >= 0.6 is 0 Å². The van der Waals surface area contributed by atoms with Crippen LogP contribution in [0.2, 0.25) is 0 Å². The third-order valence-electron chi connectivity index (χ3n) is 3.47. The number of hydrogen-bond acceptors (Lipinski definition) is 3. The van der Waals surface area contributed by atoms with Crippen molar-refractivity contribution in [3.8, 4) is 0 Å². The number of carbonyl (C=O) groups is 2. The Morgan fingerprint density at radius 3 is 2.53 bits per heavy atom. The van der Waals surface area contributed by atoms with E-state index in [1.807, 2.05) is 4.90 Å². The Labute approximate surface area is 102 Å². The second kappa shape index (κ2) is 6.00. The minimum Gasteiger partial charge on any atom is -0.353 e. The van der Waals surface area contributed by atoms with E-state index in [0.717, 1.165) is 32.5 Å². The van der Waals surface area contributed by atoms with E-state index in [2.05, 4.69) is 10.6 Å². The van der Waals surface area contributed by atoms with Crippen LogP contribution in [0, 0.1) is 0 Å². The first kappa shape index (κ1) is 12.4. The van der Waals surface area contributed by atoms with Gasteiger partial charge in [-0.15, -0.1) is 0 Å². The standard InChI is InChI=1S/C12H21N3O2/c16-11(15-7-3-1-2-4-8-15)9-10-12(17)14-6-5-13-10/h10,13H,1-9H2,(H,14,17).